The molecule has 13 heavy (non-hydrogen) atoms. The van der Waals surface area contributed by atoms with E-state index < -0.39 is 0 Å². The lowest BCUT2D eigenvalue weighted by atomic mass is 10.0. The minimum absolute atomic E-state index is 0.575. The predicted molar refractivity (Wildman–Crippen MR) is 59.1 cm³/mol. The van der Waals surface area contributed by atoms with E-state index in [1.807, 2.05) is 13.1 Å². The van der Waals surface area contributed by atoms with Crippen molar-refractivity contribution in [2.75, 3.05) is 0 Å². The first-order valence-electron chi connectivity index (χ1n) is 4.74. The maximum Gasteiger partial charge on any atom is 0.0657 e. The summed E-state index contributed by atoms with van der Waals surface area (Å²) in [6, 6.07) is 6.48. The number of rotatable bonds is 2. The quantitative estimate of drug-likeness (QED) is 0.605. The molecule has 0 atom stereocenters. The van der Waals surface area contributed by atoms with Gasteiger partial charge in [-0.05, 0) is 37.0 Å². The smallest absolute Gasteiger partial charge is 0.0657 e. The van der Waals surface area contributed by atoms with Gasteiger partial charge in [-0.3, -0.25) is 4.99 Å². The number of hydrogen-bond donors (Lipinski definition) is 0. The fraction of sp³-hybridized carbons (Fsp3) is 0.417. The summed E-state index contributed by atoms with van der Waals surface area (Å²) >= 11 is 0. The monoisotopic (exact) mass is 175 g/mol. The summed E-state index contributed by atoms with van der Waals surface area (Å²) in [5.41, 5.74) is 3.68. The Morgan fingerprint density at radius 2 is 2.00 bits per heavy atom. The van der Waals surface area contributed by atoms with E-state index in [2.05, 4.69) is 44.0 Å². The molecule has 0 heterocycles. The van der Waals surface area contributed by atoms with Crippen LogP contribution in [-0.4, -0.2) is 6.21 Å². The zero-order chi connectivity index (χ0) is 9.84. The molecule has 1 aromatic carbocycles. The second-order valence-electron chi connectivity index (χ2n) is 3.59. The Morgan fingerprint density at radius 3 is 2.54 bits per heavy atom. The standard InChI is InChI=1S/C12H17N/c1-5-13-12-8-11(9(2)3)7-6-10(12)4/h5-9H,1-4H3/b13-5-. The van der Waals surface area contributed by atoms with Gasteiger partial charge in [0.25, 0.3) is 0 Å². The SMILES string of the molecule is C/C=N\c1cc(C(C)C)ccc1C. The van der Waals surface area contributed by atoms with Gasteiger partial charge in [0.1, 0.15) is 0 Å². The Kier molecular flexibility index (Phi) is 3.24. The van der Waals surface area contributed by atoms with E-state index in [0.29, 0.717) is 5.92 Å². The van der Waals surface area contributed by atoms with Gasteiger partial charge in [-0.1, -0.05) is 26.0 Å². The van der Waals surface area contributed by atoms with Crippen LogP contribution in [0.1, 0.15) is 37.8 Å². The van der Waals surface area contributed by atoms with Crippen molar-refractivity contribution in [2.45, 2.75) is 33.6 Å². The van der Waals surface area contributed by atoms with Gasteiger partial charge >= 0.3 is 0 Å². The third-order valence-electron chi connectivity index (χ3n) is 2.17. The van der Waals surface area contributed by atoms with E-state index in [1.165, 1.54) is 11.1 Å². The van der Waals surface area contributed by atoms with Crippen LogP contribution in [-0.2, 0) is 0 Å². The third kappa shape index (κ3) is 2.41. The summed E-state index contributed by atoms with van der Waals surface area (Å²) in [5.74, 6) is 0.575. The van der Waals surface area contributed by atoms with Crippen molar-refractivity contribution in [3.63, 3.8) is 0 Å². The van der Waals surface area contributed by atoms with Gasteiger partial charge in [-0.15, -0.1) is 0 Å². The Bertz CT molecular complexity index is 311. The van der Waals surface area contributed by atoms with Gasteiger partial charge in [0.2, 0.25) is 0 Å². The van der Waals surface area contributed by atoms with Crippen molar-refractivity contribution in [3.05, 3.63) is 29.3 Å². The van der Waals surface area contributed by atoms with E-state index in [0.717, 1.165) is 5.69 Å². The fourth-order valence-electron chi connectivity index (χ4n) is 1.26. The Morgan fingerprint density at radius 1 is 1.31 bits per heavy atom. The Balaban J connectivity index is 3.11. The topological polar surface area (TPSA) is 12.4 Å². The molecule has 0 aliphatic rings. The molecule has 1 nitrogen and oxygen atoms in total. The summed E-state index contributed by atoms with van der Waals surface area (Å²) < 4.78 is 0. The molecule has 0 amide bonds. The largest absolute Gasteiger partial charge is 0.261 e. The minimum Gasteiger partial charge on any atom is -0.261 e. The van der Waals surface area contributed by atoms with Crippen molar-refractivity contribution in [1.82, 2.24) is 0 Å². The van der Waals surface area contributed by atoms with Gasteiger partial charge in [0, 0.05) is 6.21 Å². The highest BCUT2D eigenvalue weighted by Crippen LogP contribution is 2.24. The molecule has 0 fully saturated rings. The lowest BCUT2D eigenvalue weighted by molar-refractivity contribution is 0.866. The van der Waals surface area contributed by atoms with E-state index in [-0.39, 0.29) is 0 Å². The molecule has 1 aromatic rings. The molecule has 70 valence electrons. The van der Waals surface area contributed by atoms with Gasteiger partial charge in [0.05, 0.1) is 5.69 Å². The van der Waals surface area contributed by atoms with E-state index in [9.17, 15) is 0 Å². The molecule has 0 radical (unpaired) electrons. The van der Waals surface area contributed by atoms with Gasteiger partial charge < -0.3 is 0 Å². The van der Waals surface area contributed by atoms with Crippen LogP contribution in [0.2, 0.25) is 0 Å². The number of nitrogens with zero attached hydrogens (tertiary/aromatic N) is 1. The van der Waals surface area contributed by atoms with E-state index in [4.69, 9.17) is 0 Å². The Labute approximate surface area is 80.5 Å². The summed E-state index contributed by atoms with van der Waals surface area (Å²) in [6.45, 7) is 8.43. The van der Waals surface area contributed by atoms with Crippen molar-refractivity contribution in [3.8, 4) is 0 Å². The number of aliphatic imine (C=N–C) groups is 1. The van der Waals surface area contributed by atoms with Gasteiger partial charge in [-0.25, -0.2) is 0 Å². The van der Waals surface area contributed by atoms with Crippen molar-refractivity contribution in [2.24, 2.45) is 4.99 Å². The van der Waals surface area contributed by atoms with Crippen molar-refractivity contribution >= 4 is 11.9 Å². The zero-order valence-corrected chi connectivity index (χ0v) is 8.83. The molecule has 0 aromatic heterocycles. The normalized spacial score (nSPS) is 11.5. The highest BCUT2D eigenvalue weighted by Gasteiger charge is 2.01. The Hall–Kier alpha value is -1.11. The molecule has 0 spiro atoms. The van der Waals surface area contributed by atoms with Crippen molar-refractivity contribution < 1.29 is 0 Å². The maximum absolute atomic E-state index is 4.32. The summed E-state index contributed by atoms with van der Waals surface area (Å²) in [5, 5.41) is 0. The van der Waals surface area contributed by atoms with Crippen LogP contribution in [0.3, 0.4) is 0 Å². The number of hydrogen-bond acceptors (Lipinski definition) is 1. The molecule has 0 aliphatic heterocycles. The molecular formula is C12H17N. The van der Waals surface area contributed by atoms with Crippen LogP contribution in [0.5, 0.6) is 0 Å². The van der Waals surface area contributed by atoms with Crippen LogP contribution < -0.4 is 0 Å². The number of benzene rings is 1. The first-order valence-corrected chi connectivity index (χ1v) is 4.74. The molecule has 0 saturated carbocycles. The highest BCUT2D eigenvalue weighted by atomic mass is 14.7. The summed E-state index contributed by atoms with van der Waals surface area (Å²) in [7, 11) is 0. The molecule has 0 bridgehead atoms. The van der Waals surface area contributed by atoms with Gasteiger partial charge in [-0.2, -0.15) is 0 Å². The van der Waals surface area contributed by atoms with Crippen LogP contribution in [0.15, 0.2) is 23.2 Å². The van der Waals surface area contributed by atoms with Crippen LogP contribution in [0, 0.1) is 6.92 Å². The van der Waals surface area contributed by atoms with E-state index >= 15 is 0 Å². The molecule has 0 N–H and O–H groups in total. The molecule has 1 rings (SSSR count). The van der Waals surface area contributed by atoms with Crippen LogP contribution in [0.25, 0.3) is 0 Å². The highest BCUT2D eigenvalue weighted by molar-refractivity contribution is 5.62. The predicted octanol–water partition coefficient (Wildman–Crippen LogP) is 3.84. The lowest BCUT2D eigenvalue weighted by Crippen LogP contribution is -1.87. The molecule has 0 saturated heterocycles. The average molecular weight is 175 g/mol. The maximum atomic E-state index is 4.32. The first kappa shape index (κ1) is 9.97. The van der Waals surface area contributed by atoms with Crippen molar-refractivity contribution in [1.29, 1.82) is 0 Å². The van der Waals surface area contributed by atoms with Gasteiger partial charge in [0.15, 0.2) is 0 Å². The zero-order valence-electron chi connectivity index (χ0n) is 8.83. The molecule has 0 unspecified atom stereocenters. The molecule has 1 heteroatoms. The van der Waals surface area contributed by atoms with Crippen LogP contribution >= 0.6 is 0 Å². The molecule has 0 aliphatic carbocycles. The lowest BCUT2D eigenvalue weighted by Gasteiger charge is -2.07. The second kappa shape index (κ2) is 4.22. The summed E-state index contributed by atoms with van der Waals surface area (Å²) in [4.78, 5) is 4.32. The number of aryl methyl sites for hydroxylation is 1. The average Bonchev–Trinajstić information content (AvgIpc) is 2.08. The first-order chi connectivity index (χ1) is 6.15. The summed E-state index contributed by atoms with van der Waals surface area (Å²) in [6.07, 6.45) is 1.84. The molecular weight excluding hydrogens is 158 g/mol. The van der Waals surface area contributed by atoms with Crippen LogP contribution in [0.4, 0.5) is 5.69 Å². The fourth-order valence-corrected chi connectivity index (χ4v) is 1.26. The second-order valence-corrected chi connectivity index (χ2v) is 3.59. The van der Waals surface area contributed by atoms with E-state index in [1.54, 1.807) is 0 Å². The minimum atomic E-state index is 0.575. The third-order valence-corrected chi connectivity index (χ3v) is 2.17.